The molecule has 0 radical (unpaired) electrons. The van der Waals surface area contributed by atoms with Gasteiger partial charge in [-0.25, -0.2) is 4.79 Å². The van der Waals surface area contributed by atoms with Gasteiger partial charge in [0.1, 0.15) is 5.75 Å². The lowest BCUT2D eigenvalue weighted by Crippen LogP contribution is -2.24. The van der Waals surface area contributed by atoms with E-state index in [0.29, 0.717) is 23.4 Å². The molecule has 2 heterocycles. The molecule has 0 saturated carbocycles. The third kappa shape index (κ3) is 4.35. The van der Waals surface area contributed by atoms with Gasteiger partial charge < -0.3 is 18.9 Å². The Labute approximate surface area is 212 Å². The van der Waals surface area contributed by atoms with E-state index in [0.717, 1.165) is 34.0 Å². The van der Waals surface area contributed by atoms with Gasteiger partial charge in [-0.1, -0.05) is 30.3 Å². The second kappa shape index (κ2) is 9.90. The number of rotatable bonds is 6. The first kappa shape index (κ1) is 25.0. The first-order valence-electron chi connectivity index (χ1n) is 11.9. The quantitative estimate of drug-likeness (QED) is 0.338. The first-order valence-corrected chi connectivity index (χ1v) is 11.9. The van der Waals surface area contributed by atoms with Crippen LogP contribution in [0.25, 0.3) is 11.8 Å². The first-order chi connectivity index (χ1) is 17.2. The Morgan fingerprint density at radius 1 is 0.944 bits per heavy atom. The summed E-state index contributed by atoms with van der Waals surface area (Å²) in [6, 6.07) is 15.8. The highest BCUT2D eigenvalue weighted by molar-refractivity contribution is 6.16. The van der Waals surface area contributed by atoms with Crippen LogP contribution in [-0.4, -0.2) is 35.6 Å². The summed E-state index contributed by atoms with van der Waals surface area (Å²) in [6.07, 6.45) is 1.82. The van der Waals surface area contributed by atoms with Crippen LogP contribution < -0.4 is 4.74 Å². The number of ether oxygens (including phenoxy) is 2. The molecule has 3 aromatic rings. The van der Waals surface area contributed by atoms with E-state index in [4.69, 9.17) is 9.47 Å². The van der Waals surface area contributed by atoms with Crippen LogP contribution >= 0.6 is 0 Å². The lowest BCUT2D eigenvalue weighted by Gasteiger charge is -2.18. The van der Waals surface area contributed by atoms with Crippen molar-refractivity contribution in [1.82, 2.24) is 9.47 Å². The third-order valence-electron chi connectivity index (χ3n) is 6.83. The number of aromatic nitrogens is 1. The normalized spacial score (nSPS) is 14.7. The van der Waals surface area contributed by atoms with E-state index in [1.807, 2.05) is 37.3 Å². The molecular formula is C30H32N2O4. The summed E-state index contributed by atoms with van der Waals surface area (Å²) in [4.78, 5) is 28.1. The number of para-hydroxylation sites is 1. The zero-order valence-electron chi connectivity index (χ0n) is 21.9. The van der Waals surface area contributed by atoms with Crippen molar-refractivity contribution >= 4 is 18.0 Å². The molecule has 1 aliphatic heterocycles. The summed E-state index contributed by atoms with van der Waals surface area (Å²) in [5.41, 5.74) is 8.57. The minimum atomic E-state index is -0.520. The fourth-order valence-corrected chi connectivity index (χ4v) is 4.92. The zero-order valence-corrected chi connectivity index (χ0v) is 21.9. The lowest BCUT2D eigenvalue weighted by molar-refractivity contribution is -0.136. The predicted molar refractivity (Wildman–Crippen MR) is 141 cm³/mol. The van der Waals surface area contributed by atoms with E-state index in [2.05, 4.69) is 49.6 Å². The van der Waals surface area contributed by atoms with Crippen LogP contribution in [0.5, 0.6) is 5.75 Å². The Morgan fingerprint density at radius 3 is 2.17 bits per heavy atom. The van der Waals surface area contributed by atoms with E-state index >= 15 is 0 Å². The highest BCUT2D eigenvalue weighted by Crippen LogP contribution is 2.35. The average molecular weight is 485 g/mol. The van der Waals surface area contributed by atoms with E-state index < -0.39 is 5.97 Å². The number of methoxy groups -OCH3 is 2. The van der Waals surface area contributed by atoms with Crippen molar-refractivity contribution in [3.05, 3.63) is 99.0 Å². The second-order valence-electron chi connectivity index (χ2n) is 9.15. The lowest BCUT2D eigenvalue weighted by atomic mass is 10.0. The highest BCUT2D eigenvalue weighted by atomic mass is 16.5. The van der Waals surface area contributed by atoms with Crippen LogP contribution in [0.1, 0.15) is 40.6 Å². The Balaban J connectivity index is 1.78. The molecule has 0 saturated heterocycles. The van der Waals surface area contributed by atoms with Gasteiger partial charge in [-0.15, -0.1) is 0 Å². The molecule has 1 aromatic heterocycles. The maximum absolute atomic E-state index is 13.6. The number of nitrogens with zero attached hydrogens (tertiary/aromatic N) is 2. The van der Waals surface area contributed by atoms with Gasteiger partial charge >= 0.3 is 5.97 Å². The fourth-order valence-electron chi connectivity index (χ4n) is 4.92. The summed E-state index contributed by atoms with van der Waals surface area (Å²) < 4.78 is 12.5. The Hall–Kier alpha value is -4.06. The molecule has 0 N–H and O–H groups in total. The molecular weight excluding hydrogens is 452 g/mol. The standard InChI is InChI=1S/C30H32N2O4/c1-18-9-8-10-19(2)28(18)32-20(3)15-24(21(32)4)16-26-27(30(34)36-7)22(5)31(29(26)33)17-23-11-13-25(35-6)14-12-23/h8-16H,17H2,1-7H3/b26-16-. The van der Waals surface area contributed by atoms with Gasteiger partial charge in [0, 0.05) is 17.1 Å². The number of hydrogen-bond donors (Lipinski definition) is 0. The van der Waals surface area contributed by atoms with Crippen LogP contribution in [0.4, 0.5) is 0 Å². The summed E-state index contributed by atoms with van der Waals surface area (Å²) in [7, 11) is 2.95. The molecule has 1 amide bonds. The van der Waals surface area contributed by atoms with Crippen LogP contribution in [0.2, 0.25) is 0 Å². The maximum atomic E-state index is 13.6. The van der Waals surface area contributed by atoms with Crippen molar-refractivity contribution in [2.75, 3.05) is 14.2 Å². The number of esters is 1. The molecule has 186 valence electrons. The van der Waals surface area contributed by atoms with E-state index in [-0.39, 0.29) is 5.91 Å². The largest absolute Gasteiger partial charge is 0.497 e. The summed E-state index contributed by atoms with van der Waals surface area (Å²) in [6.45, 7) is 10.4. The highest BCUT2D eigenvalue weighted by Gasteiger charge is 2.37. The van der Waals surface area contributed by atoms with Gasteiger partial charge in [-0.3, -0.25) is 4.79 Å². The van der Waals surface area contributed by atoms with Crippen molar-refractivity contribution in [3.8, 4) is 11.4 Å². The average Bonchev–Trinajstić information content (AvgIpc) is 3.26. The smallest absolute Gasteiger partial charge is 0.340 e. The van der Waals surface area contributed by atoms with Crippen LogP contribution in [0, 0.1) is 27.7 Å². The molecule has 0 bridgehead atoms. The number of aryl methyl sites for hydroxylation is 3. The van der Waals surface area contributed by atoms with Gasteiger partial charge in [-0.05, 0) is 81.1 Å². The van der Waals surface area contributed by atoms with Gasteiger partial charge in [-0.2, -0.15) is 0 Å². The van der Waals surface area contributed by atoms with Gasteiger partial charge in [0.25, 0.3) is 5.91 Å². The van der Waals surface area contributed by atoms with Crippen molar-refractivity contribution in [3.63, 3.8) is 0 Å². The molecule has 0 fully saturated rings. The topological polar surface area (TPSA) is 60.8 Å². The Bertz CT molecular complexity index is 1390. The van der Waals surface area contributed by atoms with Crippen LogP contribution in [-0.2, 0) is 20.9 Å². The summed E-state index contributed by atoms with van der Waals surface area (Å²) >= 11 is 0. The fraction of sp³-hybridized carbons (Fsp3) is 0.267. The Morgan fingerprint density at radius 2 is 1.58 bits per heavy atom. The molecule has 0 spiro atoms. The number of amides is 1. The Kier molecular flexibility index (Phi) is 6.88. The van der Waals surface area contributed by atoms with E-state index in [9.17, 15) is 9.59 Å². The molecule has 36 heavy (non-hydrogen) atoms. The van der Waals surface area contributed by atoms with Crippen molar-refractivity contribution < 1.29 is 19.1 Å². The van der Waals surface area contributed by atoms with Crippen molar-refractivity contribution in [2.24, 2.45) is 0 Å². The van der Waals surface area contributed by atoms with Gasteiger partial charge in [0.2, 0.25) is 0 Å². The number of carbonyl (C=O) groups excluding carboxylic acids is 2. The summed E-state index contributed by atoms with van der Waals surface area (Å²) in [5.74, 6) is 0.00215. The van der Waals surface area contributed by atoms with E-state index in [1.54, 1.807) is 18.9 Å². The molecule has 6 heteroatoms. The molecule has 1 aliphatic rings. The minimum absolute atomic E-state index is 0.222. The SMILES string of the molecule is COC(=O)C1=C(C)N(Cc2ccc(OC)cc2)C(=O)/C1=C\c1cc(C)n(-c2c(C)cccc2C)c1C. The number of carbonyl (C=O) groups is 2. The molecule has 2 aromatic carbocycles. The monoisotopic (exact) mass is 484 g/mol. The number of allylic oxidation sites excluding steroid dienone is 1. The van der Waals surface area contributed by atoms with Crippen LogP contribution in [0.15, 0.2) is 65.4 Å². The molecule has 6 nitrogen and oxygen atoms in total. The molecule has 0 unspecified atom stereocenters. The van der Waals surface area contributed by atoms with Crippen molar-refractivity contribution in [1.29, 1.82) is 0 Å². The third-order valence-corrected chi connectivity index (χ3v) is 6.83. The minimum Gasteiger partial charge on any atom is -0.497 e. The number of hydrogen-bond acceptors (Lipinski definition) is 4. The number of benzene rings is 2. The van der Waals surface area contributed by atoms with Crippen molar-refractivity contribution in [2.45, 2.75) is 41.2 Å². The predicted octanol–water partition coefficient (Wildman–Crippen LogP) is 5.59. The molecule has 4 rings (SSSR count). The summed E-state index contributed by atoms with van der Waals surface area (Å²) in [5, 5.41) is 0. The molecule has 0 atom stereocenters. The maximum Gasteiger partial charge on any atom is 0.340 e. The molecule has 0 aliphatic carbocycles. The zero-order chi connectivity index (χ0) is 26.1. The second-order valence-corrected chi connectivity index (χ2v) is 9.15. The van der Waals surface area contributed by atoms with Crippen LogP contribution in [0.3, 0.4) is 0 Å². The van der Waals surface area contributed by atoms with Gasteiger partial charge in [0.05, 0.1) is 37.6 Å². The van der Waals surface area contributed by atoms with E-state index in [1.165, 1.54) is 18.2 Å². The van der Waals surface area contributed by atoms with Gasteiger partial charge in [0.15, 0.2) is 0 Å².